The second-order valence-electron chi connectivity index (χ2n) is 3.65. The van der Waals surface area contributed by atoms with Gasteiger partial charge in [0.1, 0.15) is 0 Å². The first-order valence-electron chi connectivity index (χ1n) is 5.73. The summed E-state index contributed by atoms with van der Waals surface area (Å²) in [6.45, 7) is 5.69. The third kappa shape index (κ3) is 8.52. The van der Waals surface area contributed by atoms with E-state index in [1.54, 1.807) is 7.11 Å². The van der Waals surface area contributed by atoms with Gasteiger partial charge in [-0.25, -0.2) is 0 Å². The third-order valence-corrected chi connectivity index (χ3v) is 2.30. The fourth-order valence-electron chi connectivity index (χ4n) is 1.39. The van der Waals surface area contributed by atoms with Crippen molar-refractivity contribution in [3.63, 3.8) is 0 Å². The molecule has 0 aliphatic carbocycles. The van der Waals surface area contributed by atoms with Crippen molar-refractivity contribution in [1.82, 2.24) is 0 Å². The van der Waals surface area contributed by atoms with Gasteiger partial charge in [-0.1, -0.05) is 39.5 Å². The molecule has 1 radical (unpaired) electrons. The van der Waals surface area contributed by atoms with Gasteiger partial charge in [-0.15, -0.1) is 0 Å². The maximum Gasteiger partial charge on any atom is 0.0804 e. The van der Waals surface area contributed by atoms with Gasteiger partial charge in [0, 0.05) is 13.7 Å². The average Bonchev–Trinajstić information content (AvgIpc) is 2.22. The molecule has 0 saturated heterocycles. The lowest BCUT2D eigenvalue weighted by Gasteiger charge is -2.14. The summed E-state index contributed by atoms with van der Waals surface area (Å²) in [4.78, 5) is 0. The minimum absolute atomic E-state index is 0.284. The van der Waals surface area contributed by atoms with Crippen molar-refractivity contribution in [3.05, 3.63) is 6.42 Å². The minimum atomic E-state index is 0.284. The molecule has 1 unspecified atom stereocenters. The molecule has 2 heteroatoms. The largest absolute Gasteiger partial charge is 0.379 e. The second-order valence-corrected chi connectivity index (χ2v) is 3.65. The topological polar surface area (TPSA) is 18.5 Å². The molecule has 0 amide bonds. The van der Waals surface area contributed by atoms with Crippen molar-refractivity contribution >= 4 is 0 Å². The van der Waals surface area contributed by atoms with E-state index in [0.717, 1.165) is 19.6 Å². The summed E-state index contributed by atoms with van der Waals surface area (Å²) in [5, 5.41) is 0. The van der Waals surface area contributed by atoms with Crippen molar-refractivity contribution in [3.8, 4) is 0 Å². The van der Waals surface area contributed by atoms with Gasteiger partial charge in [-0.05, 0) is 12.8 Å². The highest BCUT2D eigenvalue weighted by Gasteiger charge is 2.06. The SMILES string of the molecule is C[CH]COCC(CCCCCC)OC. The highest BCUT2D eigenvalue weighted by Crippen LogP contribution is 2.08. The number of rotatable bonds is 10. The Balaban J connectivity index is 3.28. The van der Waals surface area contributed by atoms with Crippen molar-refractivity contribution in [2.24, 2.45) is 0 Å². The Hall–Kier alpha value is -0.0800. The Kier molecular flexibility index (Phi) is 10.9. The average molecular weight is 201 g/mol. The Bertz CT molecular complexity index is 104. The zero-order valence-electron chi connectivity index (χ0n) is 9.92. The molecule has 0 aromatic carbocycles. The van der Waals surface area contributed by atoms with Gasteiger partial charge in [0.2, 0.25) is 0 Å². The molecule has 0 aromatic rings. The summed E-state index contributed by atoms with van der Waals surface area (Å²) in [6, 6.07) is 0. The van der Waals surface area contributed by atoms with E-state index in [1.807, 2.05) is 13.3 Å². The number of unbranched alkanes of at least 4 members (excludes halogenated alkanes) is 3. The predicted molar refractivity (Wildman–Crippen MR) is 60.3 cm³/mol. The normalized spacial score (nSPS) is 13.1. The fourth-order valence-corrected chi connectivity index (χ4v) is 1.39. The van der Waals surface area contributed by atoms with Crippen molar-refractivity contribution < 1.29 is 9.47 Å². The van der Waals surface area contributed by atoms with E-state index in [1.165, 1.54) is 25.7 Å². The maximum absolute atomic E-state index is 5.41. The van der Waals surface area contributed by atoms with Crippen LogP contribution >= 0.6 is 0 Å². The van der Waals surface area contributed by atoms with Gasteiger partial charge in [0.25, 0.3) is 0 Å². The van der Waals surface area contributed by atoms with Gasteiger partial charge in [-0.3, -0.25) is 0 Å². The van der Waals surface area contributed by atoms with E-state index in [0.29, 0.717) is 0 Å². The predicted octanol–water partition coefficient (Wildman–Crippen LogP) is 3.21. The van der Waals surface area contributed by atoms with Crippen LogP contribution in [-0.2, 0) is 9.47 Å². The number of hydrogen-bond donors (Lipinski definition) is 0. The lowest BCUT2D eigenvalue weighted by Crippen LogP contribution is -2.18. The summed E-state index contributed by atoms with van der Waals surface area (Å²) in [7, 11) is 1.77. The zero-order chi connectivity index (χ0) is 10.6. The molecule has 85 valence electrons. The van der Waals surface area contributed by atoms with E-state index in [2.05, 4.69) is 6.92 Å². The van der Waals surface area contributed by atoms with Crippen LogP contribution < -0.4 is 0 Å². The Morgan fingerprint density at radius 1 is 1.21 bits per heavy atom. The first-order chi connectivity index (χ1) is 6.85. The summed E-state index contributed by atoms with van der Waals surface area (Å²) >= 11 is 0. The lowest BCUT2D eigenvalue weighted by molar-refractivity contribution is 0.00937. The highest BCUT2D eigenvalue weighted by molar-refractivity contribution is 4.59. The Morgan fingerprint density at radius 2 is 2.00 bits per heavy atom. The van der Waals surface area contributed by atoms with Crippen LogP contribution in [0.1, 0.15) is 46.0 Å². The van der Waals surface area contributed by atoms with Crippen LogP contribution in [0.4, 0.5) is 0 Å². The molecule has 0 aromatic heterocycles. The summed E-state index contributed by atoms with van der Waals surface area (Å²) < 4.78 is 10.8. The van der Waals surface area contributed by atoms with Crippen LogP contribution in [0.2, 0.25) is 0 Å². The number of hydrogen-bond acceptors (Lipinski definition) is 2. The van der Waals surface area contributed by atoms with Gasteiger partial charge in [-0.2, -0.15) is 0 Å². The van der Waals surface area contributed by atoms with Crippen LogP contribution in [0.15, 0.2) is 0 Å². The second kappa shape index (κ2) is 11.0. The molecule has 14 heavy (non-hydrogen) atoms. The molecule has 1 atom stereocenters. The summed E-state index contributed by atoms with van der Waals surface area (Å²) in [5.41, 5.74) is 0. The van der Waals surface area contributed by atoms with E-state index in [9.17, 15) is 0 Å². The van der Waals surface area contributed by atoms with Crippen LogP contribution in [-0.4, -0.2) is 26.4 Å². The highest BCUT2D eigenvalue weighted by atomic mass is 16.5. The molecule has 0 fully saturated rings. The Morgan fingerprint density at radius 3 is 2.57 bits per heavy atom. The molecule has 0 N–H and O–H groups in total. The van der Waals surface area contributed by atoms with Crippen LogP contribution in [0.3, 0.4) is 0 Å². The molecular weight excluding hydrogens is 176 g/mol. The summed E-state index contributed by atoms with van der Waals surface area (Å²) in [6.07, 6.45) is 8.62. The van der Waals surface area contributed by atoms with E-state index >= 15 is 0 Å². The molecule has 0 saturated carbocycles. The van der Waals surface area contributed by atoms with E-state index < -0.39 is 0 Å². The monoisotopic (exact) mass is 201 g/mol. The smallest absolute Gasteiger partial charge is 0.0804 e. The molecule has 2 nitrogen and oxygen atoms in total. The fraction of sp³-hybridized carbons (Fsp3) is 0.917. The van der Waals surface area contributed by atoms with E-state index in [-0.39, 0.29) is 6.10 Å². The van der Waals surface area contributed by atoms with Gasteiger partial charge in [0.15, 0.2) is 0 Å². The third-order valence-electron chi connectivity index (χ3n) is 2.30. The van der Waals surface area contributed by atoms with Crippen molar-refractivity contribution in [2.45, 2.75) is 52.1 Å². The van der Waals surface area contributed by atoms with E-state index in [4.69, 9.17) is 9.47 Å². The summed E-state index contributed by atoms with van der Waals surface area (Å²) in [5.74, 6) is 0. The molecule has 0 spiro atoms. The van der Waals surface area contributed by atoms with Crippen LogP contribution in [0, 0.1) is 6.42 Å². The first kappa shape index (κ1) is 13.9. The molecule has 0 bridgehead atoms. The first-order valence-corrected chi connectivity index (χ1v) is 5.73. The molecule has 0 rings (SSSR count). The van der Waals surface area contributed by atoms with Crippen molar-refractivity contribution in [1.29, 1.82) is 0 Å². The van der Waals surface area contributed by atoms with Gasteiger partial charge in [0.05, 0.1) is 12.7 Å². The quantitative estimate of drug-likeness (QED) is 0.505. The minimum Gasteiger partial charge on any atom is -0.379 e. The molecule has 0 aliphatic rings. The molecule has 0 heterocycles. The van der Waals surface area contributed by atoms with Gasteiger partial charge < -0.3 is 9.47 Å². The zero-order valence-corrected chi connectivity index (χ0v) is 9.92. The molecular formula is C12H25O2. The van der Waals surface area contributed by atoms with Crippen LogP contribution in [0.5, 0.6) is 0 Å². The number of ether oxygens (including phenoxy) is 2. The number of methoxy groups -OCH3 is 1. The van der Waals surface area contributed by atoms with Crippen molar-refractivity contribution in [2.75, 3.05) is 20.3 Å². The van der Waals surface area contributed by atoms with Gasteiger partial charge >= 0.3 is 0 Å². The maximum atomic E-state index is 5.41. The standard InChI is InChI=1S/C12H25O2/c1-4-6-7-8-9-12(13-3)11-14-10-5-2/h5,12H,4,6-11H2,1-3H3. The lowest BCUT2D eigenvalue weighted by atomic mass is 10.1. The Labute approximate surface area is 89.0 Å². The molecule has 0 aliphatic heterocycles. The van der Waals surface area contributed by atoms with Crippen LogP contribution in [0.25, 0.3) is 0 Å².